The molecule has 0 amide bonds. The van der Waals surface area contributed by atoms with E-state index in [0.29, 0.717) is 11.3 Å². The first-order valence-corrected chi connectivity index (χ1v) is 4.89. The molecule has 0 atom stereocenters. The lowest BCUT2D eigenvalue weighted by atomic mass is 10.2. The monoisotopic (exact) mass is 229 g/mol. The molecule has 7 heteroatoms. The summed E-state index contributed by atoms with van der Waals surface area (Å²) in [6, 6.07) is 3.61. The summed E-state index contributed by atoms with van der Waals surface area (Å²) < 4.78 is 12.9. The van der Waals surface area contributed by atoms with Crippen LogP contribution < -0.4 is 5.73 Å². The Hall–Kier alpha value is -1.63. The van der Waals surface area contributed by atoms with E-state index in [1.165, 1.54) is 6.07 Å². The highest BCUT2D eigenvalue weighted by atomic mass is 32.2. The van der Waals surface area contributed by atoms with Gasteiger partial charge in [0.25, 0.3) is 0 Å². The van der Waals surface area contributed by atoms with Gasteiger partial charge < -0.3 is 5.73 Å². The number of thioether (sulfide) groups is 1. The van der Waals surface area contributed by atoms with Crippen molar-refractivity contribution < 1.29 is 9.31 Å². The number of hydrogen-bond acceptors (Lipinski definition) is 4. The zero-order chi connectivity index (χ0) is 11.4. The van der Waals surface area contributed by atoms with Gasteiger partial charge in [0.05, 0.1) is 4.92 Å². The van der Waals surface area contributed by atoms with Crippen molar-refractivity contribution in [3.63, 3.8) is 0 Å². The Morgan fingerprint density at radius 1 is 1.67 bits per heavy atom. The van der Waals surface area contributed by atoms with Crippen LogP contribution in [0.4, 0.5) is 10.1 Å². The van der Waals surface area contributed by atoms with Crippen molar-refractivity contribution >= 4 is 22.6 Å². The maximum absolute atomic E-state index is 12.9. The highest BCUT2D eigenvalue weighted by Crippen LogP contribution is 2.21. The Balaban J connectivity index is 2.87. The number of amidine groups is 1. The zero-order valence-electron chi connectivity index (χ0n) is 7.57. The van der Waals surface area contributed by atoms with Crippen molar-refractivity contribution in [1.29, 1.82) is 5.41 Å². The number of hydrogen-bond donors (Lipinski definition) is 2. The molecule has 0 unspecified atom stereocenters. The second-order valence-electron chi connectivity index (χ2n) is 2.70. The van der Waals surface area contributed by atoms with Gasteiger partial charge in [0.1, 0.15) is 0 Å². The largest absolute Gasteiger partial charge is 0.379 e. The summed E-state index contributed by atoms with van der Waals surface area (Å²) in [6.07, 6.45) is 0. The van der Waals surface area contributed by atoms with Crippen LogP contribution in [0.2, 0.25) is 0 Å². The average Bonchev–Trinajstić information content (AvgIpc) is 2.16. The number of nitro benzene ring substituents is 1. The fraction of sp³-hybridized carbons (Fsp3) is 0.125. The molecule has 0 aliphatic rings. The lowest BCUT2D eigenvalue weighted by molar-refractivity contribution is -0.387. The lowest BCUT2D eigenvalue weighted by Gasteiger charge is -2.00. The molecule has 0 aliphatic heterocycles. The third kappa shape index (κ3) is 3.21. The molecule has 5 nitrogen and oxygen atoms in total. The van der Waals surface area contributed by atoms with Gasteiger partial charge >= 0.3 is 5.69 Å². The Bertz CT molecular complexity index is 411. The summed E-state index contributed by atoms with van der Waals surface area (Å²) in [6.45, 7) is 0. The number of nitrogens with two attached hydrogens (primary N) is 1. The first kappa shape index (κ1) is 11.4. The summed E-state index contributed by atoms with van der Waals surface area (Å²) in [5, 5.41) is 17.3. The van der Waals surface area contributed by atoms with Gasteiger partial charge in [-0.2, -0.15) is 4.39 Å². The van der Waals surface area contributed by atoms with Crippen LogP contribution in [0.5, 0.6) is 0 Å². The van der Waals surface area contributed by atoms with E-state index in [-0.39, 0.29) is 5.17 Å². The Morgan fingerprint density at radius 2 is 2.33 bits per heavy atom. The van der Waals surface area contributed by atoms with E-state index < -0.39 is 16.4 Å². The van der Waals surface area contributed by atoms with Crippen molar-refractivity contribution in [2.24, 2.45) is 5.73 Å². The average molecular weight is 229 g/mol. The molecule has 0 bridgehead atoms. The van der Waals surface area contributed by atoms with Crippen molar-refractivity contribution in [3.8, 4) is 0 Å². The first-order chi connectivity index (χ1) is 7.00. The molecule has 15 heavy (non-hydrogen) atoms. The van der Waals surface area contributed by atoms with E-state index in [1.54, 1.807) is 0 Å². The topological polar surface area (TPSA) is 93.0 Å². The molecule has 3 N–H and O–H groups in total. The minimum atomic E-state index is -0.864. The maximum Gasteiger partial charge on any atom is 0.305 e. The Morgan fingerprint density at radius 3 is 2.87 bits per heavy atom. The van der Waals surface area contributed by atoms with Gasteiger partial charge in [-0.05, 0) is 11.6 Å². The molecule has 0 spiro atoms. The van der Waals surface area contributed by atoms with Gasteiger partial charge in [0.15, 0.2) is 5.17 Å². The predicted molar refractivity (Wildman–Crippen MR) is 56.3 cm³/mol. The van der Waals surface area contributed by atoms with E-state index in [0.717, 1.165) is 23.9 Å². The Kier molecular flexibility index (Phi) is 3.62. The molecule has 1 aromatic carbocycles. The van der Waals surface area contributed by atoms with Crippen LogP contribution >= 0.6 is 11.8 Å². The molecule has 0 fully saturated rings. The van der Waals surface area contributed by atoms with Crippen LogP contribution in [0.25, 0.3) is 0 Å². The van der Waals surface area contributed by atoms with Crippen molar-refractivity contribution in [2.75, 3.05) is 0 Å². The molecule has 0 radical (unpaired) electrons. The summed E-state index contributed by atoms with van der Waals surface area (Å²) in [5.74, 6) is -0.548. The molecule has 0 aliphatic carbocycles. The van der Waals surface area contributed by atoms with Crippen molar-refractivity contribution in [3.05, 3.63) is 39.7 Å². The van der Waals surface area contributed by atoms with E-state index >= 15 is 0 Å². The van der Waals surface area contributed by atoms with E-state index in [2.05, 4.69) is 0 Å². The normalized spacial score (nSPS) is 9.93. The Labute approximate surface area is 89.1 Å². The van der Waals surface area contributed by atoms with Crippen LogP contribution in [-0.4, -0.2) is 10.1 Å². The van der Waals surface area contributed by atoms with Gasteiger partial charge in [0, 0.05) is 11.8 Å². The van der Waals surface area contributed by atoms with Crippen molar-refractivity contribution in [1.82, 2.24) is 0 Å². The molecule has 1 aromatic rings. The minimum absolute atomic E-state index is 0.0815. The molecule has 0 aromatic heterocycles. The number of nitrogens with one attached hydrogen (secondary N) is 1. The molecular formula is C8H8FN3O2S. The highest BCUT2D eigenvalue weighted by Gasteiger charge is 2.14. The molecule has 0 heterocycles. The zero-order valence-corrected chi connectivity index (χ0v) is 8.38. The number of nitrogens with zero attached hydrogens (tertiary/aromatic N) is 1. The minimum Gasteiger partial charge on any atom is -0.379 e. The molecule has 80 valence electrons. The fourth-order valence-electron chi connectivity index (χ4n) is 0.949. The highest BCUT2D eigenvalue weighted by molar-refractivity contribution is 8.13. The smallest absolute Gasteiger partial charge is 0.305 e. The second-order valence-corrected chi connectivity index (χ2v) is 3.71. The second kappa shape index (κ2) is 4.74. The van der Waals surface area contributed by atoms with E-state index in [4.69, 9.17) is 11.1 Å². The van der Waals surface area contributed by atoms with Gasteiger partial charge in [-0.1, -0.05) is 17.8 Å². The number of nitro groups is 1. The summed E-state index contributed by atoms with van der Waals surface area (Å²) in [7, 11) is 0. The third-order valence-corrected chi connectivity index (χ3v) is 2.39. The summed E-state index contributed by atoms with van der Waals surface area (Å²) in [5.41, 5.74) is 5.11. The molecule has 0 saturated heterocycles. The van der Waals surface area contributed by atoms with E-state index in [9.17, 15) is 14.5 Å². The molecule has 0 saturated carbocycles. The standard InChI is InChI=1S/C8H8FN3O2S/c9-6-2-1-5(4-15-8(10)11)3-7(6)12(13)14/h1-3H,4H2,(H3,10,11). The SMILES string of the molecule is N=C(N)SCc1ccc(F)c([N+](=O)[O-])c1. The number of rotatable bonds is 3. The van der Waals surface area contributed by atoms with Crippen LogP contribution in [0.15, 0.2) is 18.2 Å². The van der Waals surface area contributed by atoms with Gasteiger partial charge in [0.2, 0.25) is 5.82 Å². The van der Waals surface area contributed by atoms with Crippen LogP contribution in [0, 0.1) is 21.3 Å². The van der Waals surface area contributed by atoms with Gasteiger partial charge in [-0.25, -0.2) is 0 Å². The maximum atomic E-state index is 12.9. The molecule has 1 rings (SSSR count). The third-order valence-electron chi connectivity index (χ3n) is 1.60. The number of halogens is 1. The van der Waals surface area contributed by atoms with Crippen LogP contribution in [0.1, 0.15) is 5.56 Å². The van der Waals surface area contributed by atoms with Gasteiger partial charge in [-0.3, -0.25) is 15.5 Å². The van der Waals surface area contributed by atoms with Crippen molar-refractivity contribution in [2.45, 2.75) is 5.75 Å². The summed E-state index contributed by atoms with van der Waals surface area (Å²) in [4.78, 5) is 9.62. The summed E-state index contributed by atoms with van der Waals surface area (Å²) >= 11 is 1.03. The molecular weight excluding hydrogens is 221 g/mol. The van der Waals surface area contributed by atoms with Crippen LogP contribution in [-0.2, 0) is 5.75 Å². The van der Waals surface area contributed by atoms with E-state index in [1.807, 2.05) is 0 Å². The van der Waals surface area contributed by atoms with Gasteiger partial charge in [-0.15, -0.1) is 0 Å². The quantitative estimate of drug-likeness (QED) is 0.358. The predicted octanol–water partition coefficient (Wildman–Crippen LogP) is 1.86. The fourth-order valence-corrected chi connectivity index (χ4v) is 1.45. The lowest BCUT2D eigenvalue weighted by Crippen LogP contribution is -2.04. The first-order valence-electron chi connectivity index (χ1n) is 3.90. The number of benzene rings is 1. The van der Waals surface area contributed by atoms with Crippen LogP contribution in [0.3, 0.4) is 0 Å².